The fourth-order valence-corrected chi connectivity index (χ4v) is 3.16. The summed E-state index contributed by atoms with van der Waals surface area (Å²) >= 11 is 1.61. The van der Waals surface area contributed by atoms with Crippen molar-refractivity contribution >= 4 is 23.2 Å². The van der Waals surface area contributed by atoms with E-state index in [-0.39, 0.29) is 24.2 Å². The largest absolute Gasteiger partial charge is 0.351 e. The van der Waals surface area contributed by atoms with Crippen LogP contribution in [0.4, 0.5) is 0 Å². The molecule has 2 aromatic heterocycles. The van der Waals surface area contributed by atoms with E-state index in [2.05, 4.69) is 10.3 Å². The van der Waals surface area contributed by atoms with Gasteiger partial charge in [-0.1, -0.05) is 12.1 Å². The lowest BCUT2D eigenvalue weighted by molar-refractivity contribution is -0.129. The third-order valence-electron chi connectivity index (χ3n) is 3.68. The number of pyridine rings is 1. The van der Waals surface area contributed by atoms with Gasteiger partial charge in [-0.2, -0.15) is 0 Å². The van der Waals surface area contributed by atoms with Crippen LogP contribution in [0.15, 0.2) is 41.9 Å². The number of nitrogens with zero attached hydrogens (tertiary/aromatic N) is 2. The predicted molar refractivity (Wildman–Crippen MR) is 83.9 cm³/mol. The van der Waals surface area contributed by atoms with Crippen LogP contribution in [0.3, 0.4) is 0 Å². The fraction of sp³-hybridized carbons (Fsp3) is 0.312. The molecule has 6 heteroatoms. The van der Waals surface area contributed by atoms with Gasteiger partial charge in [0.1, 0.15) is 0 Å². The summed E-state index contributed by atoms with van der Waals surface area (Å²) in [5.41, 5.74) is 0.843. The molecule has 2 amide bonds. The molecular formula is C16H17N3O2S. The van der Waals surface area contributed by atoms with Gasteiger partial charge in [-0.15, -0.1) is 11.3 Å². The zero-order valence-corrected chi connectivity index (χ0v) is 12.9. The monoisotopic (exact) mass is 315 g/mol. The predicted octanol–water partition coefficient (Wildman–Crippen LogP) is 1.81. The third kappa shape index (κ3) is 3.51. The van der Waals surface area contributed by atoms with Gasteiger partial charge >= 0.3 is 0 Å². The fourth-order valence-electron chi connectivity index (χ4n) is 2.52. The summed E-state index contributed by atoms with van der Waals surface area (Å²) in [6.07, 6.45) is 1.99. The van der Waals surface area contributed by atoms with Crippen LogP contribution in [0.1, 0.15) is 17.0 Å². The second kappa shape index (κ2) is 6.70. The maximum atomic E-state index is 12.2. The zero-order chi connectivity index (χ0) is 15.4. The Labute approximate surface area is 133 Å². The van der Waals surface area contributed by atoms with Crippen molar-refractivity contribution in [3.8, 4) is 0 Å². The third-order valence-corrected chi connectivity index (χ3v) is 4.56. The van der Waals surface area contributed by atoms with Crippen molar-refractivity contribution in [3.05, 3.63) is 52.5 Å². The maximum absolute atomic E-state index is 12.2. The van der Waals surface area contributed by atoms with Crippen LogP contribution < -0.4 is 5.32 Å². The van der Waals surface area contributed by atoms with Gasteiger partial charge in [0, 0.05) is 24.0 Å². The summed E-state index contributed by atoms with van der Waals surface area (Å²) in [6.45, 7) is 1.46. The molecule has 1 aliphatic rings. The molecule has 1 N–H and O–H groups in total. The standard InChI is InChI=1S/C16H17N3O2S/c20-15-8-12(16(21)18-9-14-5-3-7-22-14)10-19(15)11-13-4-1-2-6-17-13/h1-7,12H,8-11H2,(H,18,21). The molecule has 1 saturated heterocycles. The van der Waals surface area contributed by atoms with Gasteiger partial charge in [0.2, 0.25) is 11.8 Å². The van der Waals surface area contributed by atoms with Gasteiger partial charge < -0.3 is 10.2 Å². The first-order valence-electron chi connectivity index (χ1n) is 7.20. The van der Waals surface area contributed by atoms with Crippen LogP contribution in [-0.4, -0.2) is 28.2 Å². The van der Waals surface area contributed by atoms with Crippen molar-refractivity contribution in [3.63, 3.8) is 0 Å². The Morgan fingerprint density at radius 1 is 1.36 bits per heavy atom. The lowest BCUT2D eigenvalue weighted by Gasteiger charge is -2.16. The van der Waals surface area contributed by atoms with E-state index < -0.39 is 0 Å². The molecule has 0 radical (unpaired) electrons. The van der Waals surface area contributed by atoms with Gasteiger partial charge in [-0.3, -0.25) is 14.6 Å². The summed E-state index contributed by atoms with van der Waals surface area (Å²) in [7, 11) is 0. The Kier molecular flexibility index (Phi) is 4.48. The highest BCUT2D eigenvalue weighted by molar-refractivity contribution is 7.09. The van der Waals surface area contributed by atoms with Gasteiger partial charge in [0.05, 0.1) is 24.7 Å². The summed E-state index contributed by atoms with van der Waals surface area (Å²) in [5, 5.41) is 4.89. The highest BCUT2D eigenvalue weighted by atomic mass is 32.1. The summed E-state index contributed by atoms with van der Waals surface area (Å²) < 4.78 is 0. The number of carbonyl (C=O) groups is 2. The Bertz CT molecular complexity index is 643. The summed E-state index contributed by atoms with van der Waals surface area (Å²) in [5.74, 6) is -0.302. The lowest BCUT2D eigenvalue weighted by Crippen LogP contribution is -2.32. The number of hydrogen-bond acceptors (Lipinski definition) is 4. The van der Waals surface area contributed by atoms with Crippen LogP contribution in [-0.2, 0) is 22.7 Å². The molecule has 114 valence electrons. The maximum Gasteiger partial charge on any atom is 0.225 e. The Morgan fingerprint density at radius 2 is 2.27 bits per heavy atom. The molecule has 0 aromatic carbocycles. The minimum atomic E-state index is -0.267. The number of likely N-dealkylation sites (tertiary alicyclic amines) is 1. The summed E-state index contributed by atoms with van der Waals surface area (Å²) in [4.78, 5) is 31.3. The second-order valence-electron chi connectivity index (χ2n) is 5.29. The van der Waals surface area contributed by atoms with Gasteiger partial charge in [-0.05, 0) is 23.6 Å². The SMILES string of the molecule is O=C(NCc1cccs1)C1CC(=O)N(Cc2ccccn2)C1. The number of aromatic nitrogens is 1. The minimum Gasteiger partial charge on any atom is -0.351 e. The topological polar surface area (TPSA) is 62.3 Å². The first-order chi connectivity index (χ1) is 10.7. The highest BCUT2D eigenvalue weighted by Gasteiger charge is 2.34. The Morgan fingerprint density at radius 3 is 3.00 bits per heavy atom. The van der Waals surface area contributed by atoms with Crippen molar-refractivity contribution in [1.82, 2.24) is 15.2 Å². The van der Waals surface area contributed by atoms with Gasteiger partial charge in [0.25, 0.3) is 0 Å². The number of carbonyl (C=O) groups excluding carboxylic acids is 2. The quantitative estimate of drug-likeness (QED) is 0.915. The Balaban J connectivity index is 1.53. The second-order valence-corrected chi connectivity index (χ2v) is 6.33. The van der Waals surface area contributed by atoms with Gasteiger partial charge in [-0.25, -0.2) is 0 Å². The van der Waals surface area contributed by atoms with Gasteiger partial charge in [0.15, 0.2) is 0 Å². The molecule has 0 bridgehead atoms. The molecule has 1 atom stereocenters. The molecule has 1 aliphatic heterocycles. The highest BCUT2D eigenvalue weighted by Crippen LogP contribution is 2.20. The number of rotatable bonds is 5. The molecule has 3 heterocycles. The van der Waals surface area contributed by atoms with E-state index >= 15 is 0 Å². The first kappa shape index (κ1) is 14.7. The van der Waals surface area contributed by atoms with Crippen LogP contribution in [0, 0.1) is 5.92 Å². The van der Waals surface area contributed by atoms with E-state index in [1.807, 2.05) is 35.7 Å². The van der Waals surface area contributed by atoms with Crippen LogP contribution in [0.25, 0.3) is 0 Å². The first-order valence-corrected chi connectivity index (χ1v) is 8.08. The average molecular weight is 315 g/mol. The molecule has 2 aromatic rings. The van der Waals surface area contributed by atoms with E-state index in [0.29, 0.717) is 19.6 Å². The molecule has 1 fully saturated rings. The summed E-state index contributed by atoms with van der Waals surface area (Å²) in [6, 6.07) is 9.57. The van der Waals surface area contributed by atoms with E-state index in [1.165, 1.54) is 0 Å². The number of nitrogens with one attached hydrogen (secondary N) is 1. The van der Waals surface area contributed by atoms with Crippen molar-refractivity contribution in [2.45, 2.75) is 19.5 Å². The smallest absolute Gasteiger partial charge is 0.225 e. The molecule has 0 aliphatic carbocycles. The molecule has 1 unspecified atom stereocenters. The van der Waals surface area contributed by atoms with Crippen molar-refractivity contribution in [2.75, 3.05) is 6.54 Å². The molecule has 0 spiro atoms. The van der Waals surface area contributed by atoms with E-state index in [9.17, 15) is 9.59 Å². The van der Waals surface area contributed by atoms with Crippen molar-refractivity contribution in [2.24, 2.45) is 5.92 Å². The number of hydrogen-bond donors (Lipinski definition) is 1. The molecule has 0 saturated carbocycles. The zero-order valence-electron chi connectivity index (χ0n) is 12.1. The van der Waals surface area contributed by atoms with Crippen molar-refractivity contribution < 1.29 is 9.59 Å². The normalized spacial score (nSPS) is 17.7. The molecule has 22 heavy (non-hydrogen) atoms. The van der Waals surface area contributed by atoms with Crippen molar-refractivity contribution in [1.29, 1.82) is 0 Å². The van der Waals surface area contributed by atoms with E-state index in [4.69, 9.17) is 0 Å². The average Bonchev–Trinajstić information content (AvgIpc) is 3.16. The van der Waals surface area contributed by atoms with Crippen LogP contribution in [0.5, 0.6) is 0 Å². The molecule has 5 nitrogen and oxygen atoms in total. The van der Waals surface area contributed by atoms with E-state index in [0.717, 1.165) is 10.6 Å². The number of amides is 2. The minimum absolute atomic E-state index is 0.0157. The van der Waals surface area contributed by atoms with Crippen LogP contribution in [0.2, 0.25) is 0 Å². The molecule has 3 rings (SSSR count). The lowest BCUT2D eigenvalue weighted by atomic mass is 10.1. The van der Waals surface area contributed by atoms with E-state index in [1.54, 1.807) is 22.4 Å². The molecular weight excluding hydrogens is 298 g/mol. The Hall–Kier alpha value is -2.21. The number of thiophene rings is 1. The van der Waals surface area contributed by atoms with Crippen LogP contribution >= 0.6 is 11.3 Å².